The van der Waals surface area contributed by atoms with Gasteiger partial charge in [-0.1, -0.05) is 82.9 Å². The second-order valence-corrected chi connectivity index (χ2v) is 15.5. The SMILES string of the molecule is CC(C)(C)c1ccc(-c2cccc3c2sc2c([Si](C)(C)C)cccc23)nc1. The molecule has 2 aromatic carbocycles. The average Bonchev–Trinajstić information content (AvgIpc) is 2.99. The van der Waals surface area contributed by atoms with Crippen molar-refractivity contribution >= 4 is 44.8 Å². The van der Waals surface area contributed by atoms with Gasteiger partial charge in [-0.2, -0.15) is 0 Å². The van der Waals surface area contributed by atoms with Crippen LogP contribution in [0.4, 0.5) is 0 Å². The molecule has 0 aliphatic heterocycles. The van der Waals surface area contributed by atoms with Crippen molar-refractivity contribution in [1.29, 1.82) is 0 Å². The first kappa shape index (κ1) is 18.4. The van der Waals surface area contributed by atoms with E-state index in [4.69, 9.17) is 4.98 Å². The minimum atomic E-state index is -1.39. The lowest BCUT2D eigenvalue weighted by atomic mass is 9.88. The highest BCUT2D eigenvalue weighted by Crippen LogP contribution is 2.39. The van der Waals surface area contributed by atoms with Crippen LogP contribution in [0.5, 0.6) is 0 Å². The van der Waals surface area contributed by atoms with Gasteiger partial charge in [-0.05, 0) is 22.2 Å². The average molecular weight is 390 g/mol. The Morgan fingerprint density at radius 3 is 2.07 bits per heavy atom. The molecule has 2 aromatic heterocycles. The standard InChI is InChI=1S/C24H27NSSi/c1-24(2,3)16-13-14-20(25-15-16)19-11-7-9-17-18-10-8-12-21(27(4,5)6)23(18)26-22(17)19/h7-15H,1-6H3. The molecule has 0 bridgehead atoms. The topological polar surface area (TPSA) is 12.9 Å². The summed E-state index contributed by atoms with van der Waals surface area (Å²) >= 11 is 1.94. The van der Waals surface area contributed by atoms with Crippen molar-refractivity contribution in [2.24, 2.45) is 0 Å². The van der Waals surface area contributed by atoms with Crippen molar-refractivity contribution in [2.45, 2.75) is 45.8 Å². The monoisotopic (exact) mass is 389 g/mol. The summed E-state index contributed by atoms with van der Waals surface area (Å²) in [5.41, 5.74) is 3.71. The summed E-state index contributed by atoms with van der Waals surface area (Å²) in [6, 6.07) is 17.9. The maximum absolute atomic E-state index is 4.82. The van der Waals surface area contributed by atoms with E-state index < -0.39 is 8.07 Å². The first-order valence-corrected chi connectivity index (χ1v) is 13.9. The molecule has 0 aliphatic carbocycles. The predicted octanol–water partition coefficient (Wildman–Crippen LogP) is 6.96. The first-order valence-electron chi connectivity index (χ1n) is 9.58. The summed E-state index contributed by atoms with van der Waals surface area (Å²) in [4.78, 5) is 4.82. The van der Waals surface area contributed by atoms with Gasteiger partial charge in [0.2, 0.25) is 0 Å². The van der Waals surface area contributed by atoms with Crippen molar-refractivity contribution in [2.75, 3.05) is 0 Å². The number of aromatic nitrogens is 1. The minimum absolute atomic E-state index is 0.126. The van der Waals surface area contributed by atoms with Crippen LogP contribution < -0.4 is 5.19 Å². The number of rotatable bonds is 2. The third kappa shape index (κ3) is 3.24. The Hall–Kier alpha value is -1.97. The van der Waals surface area contributed by atoms with E-state index in [1.807, 2.05) is 17.5 Å². The van der Waals surface area contributed by atoms with Crippen molar-refractivity contribution in [3.05, 3.63) is 60.3 Å². The van der Waals surface area contributed by atoms with Crippen molar-refractivity contribution in [3.8, 4) is 11.3 Å². The number of thiophene rings is 1. The third-order valence-corrected chi connectivity index (χ3v) is 8.74. The van der Waals surface area contributed by atoms with Gasteiger partial charge in [0.1, 0.15) is 0 Å². The molecular weight excluding hydrogens is 362 g/mol. The largest absolute Gasteiger partial charge is 0.256 e. The predicted molar refractivity (Wildman–Crippen MR) is 124 cm³/mol. The van der Waals surface area contributed by atoms with E-state index in [0.717, 1.165) is 5.69 Å². The Morgan fingerprint density at radius 2 is 1.48 bits per heavy atom. The van der Waals surface area contributed by atoms with Crippen LogP contribution in [-0.2, 0) is 5.41 Å². The number of nitrogens with zero attached hydrogens (tertiary/aromatic N) is 1. The van der Waals surface area contributed by atoms with Crippen molar-refractivity contribution in [3.63, 3.8) is 0 Å². The molecule has 0 unspecified atom stereocenters. The second-order valence-electron chi connectivity index (χ2n) is 9.40. The van der Waals surface area contributed by atoms with Gasteiger partial charge in [0.05, 0.1) is 13.8 Å². The van der Waals surface area contributed by atoms with E-state index in [-0.39, 0.29) is 5.41 Å². The van der Waals surface area contributed by atoms with Gasteiger partial charge in [-0.25, -0.2) is 0 Å². The smallest absolute Gasteiger partial charge is 0.0794 e. The molecule has 0 atom stereocenters. The molecule has 0 radical (unpaired) electrons. The van der Waals surface area contributed by atoms with Gasteiger partial charge < -0.3 is 0 Å². The zero-order chi connectivity index (χ0) is 19.4. The Morgan fingerprint density at radius 1 is 0.815 bits per heavy atom. The van der Waals surface area contributed by atoms with Crippen LogP contribution in [0.1, 0.15) is 26.3 Å². The van der Waals surface area contributed by atoms with Crippen molar-refractivity contribution in [1.82, 2.24) is 4.98 Å². The summed E-state index contributed by atoms with van der Waals surface area (Å²) in [6.07, 6.45) is 2.04. The highest BCUT2D eigenvalue weighted by atomic mass is 32.1. The van der Waals surface area contributed by atoms with Crippen LogP contribution in [0, 0.1) is 0 Å². The molecule has 2 heterocycles. The van der Waals surface area contributed by atoms with Crippen LogP contribution in [0.2, 0.25) is 19.6 Å². The third-order valence-electron chi connectivity index (χ3n) is 5.24. The molecule has 4 aromatic rings. The molecule has 1 nitrogen and oxygen atoms in total. The van der Waals surface area contributed by atoms with E-state index in [9.17, 15) is 0 Å². The number of hydrogen-bond donors (Lipinski definition) is 0. The molecule has 0 amide bonds. The van der Waals surface area contributed by atoms with Gasteiger partial charge in [0.25, 0.3) is 0 Å². The van der Waals surface area contributed by atoms with E-state index in [1.165, 1.54) is 31.3 Å². The van der Waals surface area contributed by atoms with Gasteiger partial charge >= 0.3 is 0 Å². The molecule has 0 saturated heterocycles. The van der Waals surface area contributed by atoms with E-state index in [2.05, 4.69) is 88.9 Å². The molecule has 0 N–H and O–H groups in total. The fourth-order valence-corrected chi connectivity index (χ4v) is 7.33. The first-order chi connectivity index (χ1) is 12.7. The molecule has 0 saturated carbocycles. The zero-order valence-corrected chi connectivity index (χ0v) is 18.9. The molecule has 0 spiro atoms. The maximum atomic E-state index is 4.82. The van der Waals surface area contributed by atoms with Crippen LogP contribution in [0.25, 0.3) is 31.4 Å². The molecule has 138 valence electrons. The van der Waals surface area contributed by atoms with Crippen LogP contribution >= 0.6 is 11.3 Å². The molecule has 3 heteroatoms. The minimum Gasteiger partial charge on any atom is -0.256 e. The molecule has 27 heavy (non-hydrogen) atoms. The summed E-state index contributed by atoms with van der Waals surface area (Å²) in [7, 11) is -1.39. The quantitative estimate of drug-likeness (QED) is 0.338. The fraction of sp³-hybridized carbons (Fsp3) is 0.292. The van der Waals surface area contributed by atoms with E-state index >= 15 is 0 Å². The number of pyridine rings is 1. The Bertz CT molecular complexity index is 1130. The zero-order valence-electron chi connectivity index (χ0n) is 17.1. The summed E-state index contributed by atoms with van der Waals surface area (Å²) in [5, 5.41) is 4.31. The Kier molecular flexibility index (Phi) is 4.28. The Labute approximate surface area is 167 Å². The lowest BCUT2D eigenvalue weighted by Gasteiger charge is -2.18. The Balaban J connectivity index is 1.95. The fourth-order valence-electron chi connectivity index (χ4n) is 3.61. The van der Waals surface area contributed by atoms with Gasteiger partial charge in [-0.3, -0.25) is 4.98 Å². The second kappa shape index (κ2) is 6.28. The lowest BCUT2D eigenvalue weighted by molar-refractivity contribution is 0.587. The lowest BCUT2D eigenvalue weighted by Crippen LogP contribution is -2.37. The molecule has 0 fully saturated rings. The number of benzene rings is 2. The summed E-state index contributed by atoms with van der Waals surface area (Å²) < 4.78 is 2.82. The highest BCUT2D eigenvalue weighted by Gasteiger charge is 2.22. The number of hydrogen-bond acceptors (Lipinski definition) is 2. The van der Waals surface area contributed by atoms with E-state index in [0.29, 0.717) is 0 Å². The molecular formula is C24H27NSSi. The maximum Gasteiger partial charge on any atom is 0.0794 e. The van der Waals surface area contributed by atoms with Crippen LogP contribution in [0.15, 0.2) is 54.7 Å². The van der Waals surface area contributed by atoms with Gasteiger partial charge in [0.15, 0.2) is 0 Å². The molecule has 4 rings (SSSR count). The van der Waals surface area contributed by atoms with Crippen LogP contribution in [-0.4, -0.2) is 13.1 Å². The van der Waals surface area contributed by atoms with Crippen molar-refractivity contribution < 1.29 is 0 Å². The number of fused-ring (bicyclic) bond motifs is 3. The molecule has 0 aliphatic rings. The normalized spacial score (nSPS) is 12.8. The van der Waals surface area contributed by atoms with Crippen LogP contribution in [0.3, 0.4) is 0 Å². The van der Waals surface area contributed by atoms with Gasteiger partial charge in [0, 0.05) is 31.9 Å². The van der Waals surface area contributed by atoms with Gasteiger partial charge in [-0.15, -0.1) is 11.3 Å². The van der Waals surface area contributed by atoms with E-state index in [1.54, 1.807) is 5.19 Å². The summed E-state index contributed by atoms with van der Waals surface area (Å²) in [6.45, 7) is 14.0. The highest BCUT2D eigenvalue weighted by molar-refractivity contribution is 7.28. The summed E-state index contributed by atoms with van der Waals surface area (Å²) in [5.74, 6) is 0.